The number of nitrogens with one attached hydrogen (secondary N) is 1. The predicted octanol–water partition coefficient (Wildman–Crippen LogP) is 2.73. The van der Waals surface area contributed by atoms with Crippen molar-refractivity contribution in [1.29, 1.82) is 0 Å². The molecule has 0 amide bonds. The summed E-state index contributed by atoms with van der Waals surface area (Å²) in [5, 5.41) is 7.13. The van der Waals surface area contributed by atoms with Gasteiger partial charge in [-0.25, -0.2) is 0 Å². The van der Waals surface area contributed by atoms with E-state index in [2.05, 4.69) is 28.4 Å². The van der Waals surface area contributed by atoms with Gasteiger partial charge in [0, 0.05) is 32.4 Å². The Labute approximate surface area is 153 Å². The van der Waals surface area contributed by atoms with Crippen molar-refractivity contribution in [3.05, 3.63) is 41.6 Å². The molecule has 2 aromatic rings. The van der Waals surface area contributed by atoms with E-state index in [1.807, 2.05) is 19.2 Å². The number of aromatic nitrogens is 2. The van der Waals surface area contributed by atoms with E-state index >= 15 is 0 Å². The third kappa shape index (κ3) is 3.42. The number of hydrogen-bond donors (Lipinski definition) is 1. The number of rotatable bonds is 5. The molecule has 6 heteroatoms. The van der Waals surface area contributed by atoms with E-state index in [0.29, 0.717) is 6.42 Å². The molecule has 1 N–H and O–H groups in total. The average molecular weight is 358 g/mol. The minimum atomic E-state index is -0.258. The van der Waals surface area contributed by atoms with Crippen LogP contribution in [0.15, 0.2) is 30.5 Å². The number of fused-ring (bicyclic) bond motifs is 1. The van der Waals surface area contributed by atoms with Gasteiger partial charge in [-0.2, -0.15) is 5.10 Å². The van der Waals surface area contributed by atoms with Crippen molar-refractivity contribution in [1.82, 2.24) is 10.2 Å². The lowest BCUT2D eigenvalue weighted by atomic mass is 10.0. The molecule has 1 aromatic carbocycles. The number of H-pyrrole nitrogens is 1. The van der Waals surface area contributed by atoms with Crippen molar-refractivity contribution in [3.63, 3.8) is 0 Å². The molecule has 1 aromatic heterocycles. The van der Waals surface area contributed by atoms with Crippen molar-refractivity contribution < 1.29 is 18.9 Å². The second-order valence-electron chi connectivity index (χ2n) is 7.09. The molecular weight excluding hydrogens is 332 g/mol. The number of hydrogen-bond acceptors (Lipinski definition) is 5. The number of nitrogens with zero attached hydrogens (tertiary/aromatic N) is 1. The number of benzene rings is 1. The van der Waals surface area contributed by atoms with Crippen molar-refractivity contribution in [2.75, 3.05) is 14.2 Å². The first-order valence-electron chi connectivity index (χ1n) is 9.16. The summed E-state index contributed by atoms with van der Waals surface area (Å²) in [7, 11) is 3.41. The van der Waals surface area contributed by atoms with Crippen LogP contribution in [0.5, 0.6) is 0 Å². The zero-order chi connectivity index (χ0) is 18.1. The monoisotopic (exact) mass is 358 g/mol. The summed E-state index contributed by atoms with van der Waals surface area (Å²) in [5.74, 6) is 0. The minimum absolute atomic E-state index is 0.0104. The Morgan fingerprint density at radius 3 is 2.69 bits per heavy atom. The first-order chi connectivity index (χ1) is 12.7. The van der Waals surface area contributed by atoms with Crippen molar-refractivity contribution in [2.24, 2.45) is 0 Å². The van der Waals surface area contributed by atoms with Gasteiger partial charge in [-0.3, -0.25) is 5.10 Å². The average Bonchev–Trinajstić information content (AvgIpc) is 3.29. The molecule has 0 radical (unpaired) electrons. The van der Waals surface area contributed by atoms with Gasteiger partial charge in [-0.15, -0.1) is 0 Å². The molecule has 2 aliphatic rings. The number of ether oxygens (including phenoxy) is 4. The Hall–Kier alpha value is -1.73. The largest absolute Gasteiger partial charge is 0.378 e. The Morgan fingerprint density at radius 1 is 1.12 bits per heavy atom. The van der Waals surface area contributed by atoms with Crippen LogP contribution < -0.4 is 0 Å². The highest BCUT2D eigenvalue weighted by atomic mass is 16.7. The normalized spacial score (nSPS) is 31.1. The van der Waals surface area contributed by atoms with Crippen molar-refractivity contribution >= 4 is 0 Å². The molecule has 140 valence electrons. The highest BCUT2D eigenvalue weighted by Gasteiger charge is 2.39. The molecule has 1 aliphatic heterocycles. The van der Waals surface area contributed by atoms with E-state index in [9.17, 15) is 0 Å². The van der Waals surface area contributed by atoms with Gasteiger partial charge in [0.05, 0.1) is 24.0 Å². The number of aromatic amines is 1. The summed E-state index contributed by atoms with van der Waals surface area (Å²) in [6, 6.07) is 8.52. The van der Waals surface area contributed by atoms with Crippen LogP contribution in [0.1, 0.15) is 24.5 Å². The van der Waals surface area contributed by atoms with E-state index in [1.165, 1.54) is 11.1 Å². The molecule has 1 unspecified atom stereocenters. The smallest absolute Gasteiger partial charge is 0.161 e. The quantitative estimate of drug-likeness (QED) is 0.890. The van der Waals surface area contributed by atoms with Gasteiger partial charge in [-0.1, -0.05) is 12.1 Å². The van der Waals surface area contributed by atoms with Gasteiger partial charge in [0.1, 0.15) is 6.10 Å². The van der Waals surface area contributed by atoms with E-state index in [0.717, 1.165) is 24.1 Å². The molecule has 0 bridgehead atoms. The van der Waals surface area contributed by atoms with Gasteiger partial charge in [0.15, 0.2) is 6.29 Å². The third-order valence-corrected chi connectivity index (χ3v) is 5.44. The molecule has 0 saturated carbocycles. The summed E-state index contributed by atoms with van der Waals surface area (Å²) in [4.78, 5) is 0. The SMILES string of the molecule is CO[C@H]1[C@H](C)O[C@@H](OC2Cc3ccc(-c4cc[nH]n4)cc3C2)C[C@@H]1OC. The Kier molecular flexibility index (Phi) is 5.09. The zero-order valence-corrected chi connectivity index (χ0v) is 15.5. The molecule has 1 saturated heterocycles. The summed E-state index contributed by atoms with van der Waals surface area (Å²) in [5.41, 5.74) is 4.78. The molecule has 4 rings (SSSR count). The number of methoxy groups -OCH3 is 2. The lowest BCUT2D eigenvalue weighted by Gasteiger charge is -2.39. The van der Waals surface area contributed by atoms with E-state index < -0.39 is 0 Å². The molecule has 2 heterocycles. The summed E-state index contributed by atoms with van der Waals surface area (Å²) in [6.07, 6.45) is 4.09. The lowest BCUT2D eigenvalue weighted by Crippen LogP contribution is -2.50. The van der Waals surface area contributed by atoms with Crippen LogP contribution in [0.3, 0.4) is 0 Å². The van der Waals surface area contributed by atoms with Crippen LogP contribution in [-0.2, 0) is 31.8 Å². The highest BCUT2D eigenvalue weighted by Crippen LogP contribution is 2.32. The maximum atomic E-state index is 6.28. The Morgan fingerprint density at radius 2 is 1.96 bits per heavy atom. The first-order valence-corrected chi connectivity index (χ1v) is 9.16. The van der Waals surface area contributed by atoms with Gasteiger partial charge in [0.25, 0.3) is 0 Å². The maximum Gasteiger partial charge on any atom is 0.161 e. The first kappa shape index (κ1) is 17.7. The molecular formula is C20H26N2O4. The predicted molar refractivity (Wildman–Crippen MR) is 96.9 cm³/mol. The van der Waals surface area contributed by atoms with Crippen molar-refractivity contribution in [3.8, 4) is 11.3 Å². The minimum Gasteiger partial charge on any atom is -0.378 e. The van der Waals surface area contributed by atoms with Crippen LogP contribution in [0.25, 0.3) is 11.3 Å². The van der Waals surface area contributed by atoms with Crippen LogP contribution in [-0.4, -0.2) is 55.1 Å². The fourth-order valence-electron chi connectivity index (χ4n) is 4.13. The summed E-state index contributed by atoms with van der Waals surface area (Å²) < 4.78 is 23.4. The Balaban J connectivity index is 1.41. The standard InChI is InChI=1S/C20H26N2O4/c1-12-20(24-3)18(23-2)11-19(25-12)26-16-9-13-4-5-14(8-15(13)10-16)17-6-7-21-22-17/h4-8,12,16,18-20H,9-11H2,1-3H3,(H,21,22)/t12-,16?,18-,19-,20-/m0/s1. The van der Waals surface area contributed by atoms with Crippen molar-refractivity contribution in [2.45, 2.75) is 56.9 Å². The zero-order valence-electron chi connectivity index (χ0n) is 15.5. The van der Waals surface area contributed by atoms with Gasteiger partial charge < -0.3 is 18.9 Å². The summed E-state index contributed by atoms with van der Waals surface area (Å²) >= 11 is 0. The van der Waals surface area contributed by atoms with Gasteiger partial charge in [-0.05, 0) is 43.0 Å². The molecule has 6 nitrogen and oxygen atoms in total. The molecule has 1 aliphatic carbocycles. The molecule has 26 heavy (non-hydrogen) atoms. The van der Waals surface area contributed by atoms with E-state index in [1.54, 1.807) is 14.2 Å². The van der Waals surface area contributed by atoms with Crippen LogP contribution in [0, 0.1) is 0 Å². The second kappa shape index (κ2) is 7.48. The van der Waals surface area contributed by atoms with Crippen LogP contribution in [0.2, 0.25) is 0 Å². The fraction of sp³-hybridized carbons (Fsp3) is 0.550. The summed E-state index contributed by atoms with van der Waals surface area (Å²) in [6.45, 7) is 2.01. The third-order valence-electron chi connectivity index (χ3n) is 5.44. The molecule has 0 spiro atoms. The Bertz CT molecular complexity index is 733. The lowest BCUT2D eigenvalue weighted by molar-refractivity contribution is -0.265. The van der Waals surface area contributed by atoms with Crippen LogP contribution >= 0.6 is 0 Å². The fourth-order valence-corrected chi connectivity index (χ4v) is 4.13. The molecule has 1 fully saturated rings. The van der Waals surface area contributed by atoms with Crippen LogP contribution in [0.4, 0.5) is 0 Å². The van der Waals surface area contributed by atoms with E-state index in [-0.39, 0.29) is 30.7 Å². The van der Waals surface area contributed by atoms with Gasteiger partial charge in [0.2, 0.25) is 0 Å². The van der Waals surface area contributed by atoms with E-state index in [4.69, 9.17) is 18.9 Å². The van der Waals surface area contributed by atoms with Gasteiger partial charge >= 0.3 is 0 Å². The molecule has 5 atom stereocenters. The highest BCUT2D eigenvalue weighted by molar-refractivity contribution is 5.61. The topological polar surface area (TPSA) is 65.6 Å². The maximum absolute atomic E-state index is 6.28. The second-order valence-corrected chi connectivity index (χ2v) is 7.09.